The van der Waals surface area contributed by atoms with E-state index in [-0.39, 0.29) is 0 Å². The molecule has 3 nitrogen and oxygen atoms in total. The van der Waals surface area contributed by atoms with Crippen LogP contribution < -0.4 is 5.32 Å². The van der Waals surface area contributed by atoms with E-state index in [1.165, 1.54) is 52.2 Å². The molecule has 0 spiro atoms. The topological polar surface area (TPSA) is 18.5 Å². The van der Waals surface area contributed by atoms with E-state index in [1.807, 2.05) is 0 Å². The summed E-state index contributed by atoms with van der Waals surface area (Å²) in [4.78, 5) is 5.14. The summed E-state index contributed by atoms with van der Waals surface area (Å²) in [6.07, 6.45) is 1.38. The maximum Gasteiger partial charge on any atom is 0.0109 e. The Labute approximate surface area is 101 Å². The Kier molecular flexibility index (Phi) is 7.01. The number of likely N-dealkylation sites (N-methyl/N-ethyl adjacent to an activating group) is 1. The zero-order chi connectivity index (χ0) is 11.8. The van der Waals surface area contributed by atoms with Crippen LogP contribution in [0.15, 0.2) is 0 Å². The van der Waals surface area contributed by atoms with Crippen LogP contribution in [0.3, 0.4) is 0 Å². The molecule has 0 radical (unpaired) electrons. The third-order valence-electron chi connectivity index (χ3n) is 3.68. The van der Waals surface area contributed by atoms with Crippen LogP contribution >= 0.6 is 0 Å². The van der Waals surface area contributed by atoms with Crippen molar-refractivity contribution in [2.24, 2.45) is 5.92 Å². The van der Waals surface area contributed by atoms with E-state index in [4.69, 9.17) is 0 Å². The van der Waals surface area contributed by atoms with E-state index in [2.05, 4.69) is 35.9 Å². The molecule has 0 aliphatic carbocycles. The van der Waals surface area contributed by atoms with Crippen molar-refractivity contribution in [3.8, 4) is 0 Å². The van der Waals surface area contributed by atoms with Gasteiger partial charge in [0.15, 0.2) is 0 Å². The van der Waals surface area contributed by atoms with Crippen molar-refractivity contribution in [3.63, 3.8) is 0 Å². The summed E-state index contributed by atoms with van der Waals surface area (Å²) < 4.78 is 0. The summed E-state index contributed by atoms with van der Waals surface area (Å²) in [5.74, 6) is 0.886. The number of nitrogens with one attached hydrogen (secondary N) is 1. The summed E-state index contributed by atoms with van der Waals surface area (Å²) in [5, 5.41) is 3.46. The van der Waals surface area contributed by atoms with Crippen LogP contribution in [-0.2, 0) is 0 Å². The van der Waals surface area contributed by atoms with Gasteiger partial charge in [0.2, 0.25) is 0 Å². The van der Waals surface area contributed by atoms with Gasteiger partial charge in [-0.25, -0.2) is 0 Å². The molecule has 1 aliphatic heterocycles. The first kappa shape index (κ1) is 13.9. The van der Waals surface area contributed by atoms with Gasteiger partial charge < -0.3 is 15.1 Å². The Balaban J connectivity index is 2.11. The summed E-state index contributed by atoms with van der Waals surface area (Å²) in [6.45, 7) is 16.5. The molecular formula is C13H29N3. The molecule has 96 valence electrons. The molecule has 1 rings (SSSR count). The van der Waals surface area contributed by atoms with Crippen LogP contribution in [0.25, 0.3) is 0 Å². The third kappa shape index (κ3) is 4.81. The summed E-state index contributed by atoms with van der Waals surface area (Å²) >= 11 is 0. The zero-order valence-corrected chi connectivity index (χ0v) is 11.3. The van der Waals surface area contributed by atoms with Gasteiger partial charge in [-0.15, -0.1) is 0 Å². The Morgan fingerprint density at radius 1 is 1.25 bits per heavy atom. The minimum Gasteiger partial charge on any atom is -0.317 e. The van der Waals surface area contributed by atoms with Crippen molar-refractivity contribution in [1.29, 1.82) is 0 Å². The predicted molar refractivity (Wildman–Crippen MR) is 70.9 cm³/mol. The van der Waals surface area contributed by atoms with Crippen LogP contribution in [0.2, 0.25) is 0 Å². The van der Waals surface area contributed by atoms with E-state index in [9.17, 15) is 0 Å². The molecule has 1 saturated heterocycles. The summed E-state index contributed by atoms with van der Waals surface area (Å²) in [5.41, 5.74) is 0. The molecule has 0 bridgehead atoms. The fourth-order valence-electron chi connectivity index (χ4n) is 2.45. The average molecular weight is 227 g/mol. The van der Waals surface area contributed by atoms with Crippen LogP contribution in [0.5, 0.6) is 0 Å². The lowest BCUT2D eigenvalue weighted by Gasteiger charge is -2.22. The molecule has 1 aliphatic rings. The van der Waals surface area contributed by atoms with Crippen LogP contribution in [0, 0.1) is 5.92 Å². The molecule has 1 N–H and O–H groups in total. The zero-order valence-electron chi connectivity index (χ0n) is 11.3. The quantitative estimate of drug-likeness (QED) is 0.673. The first-order valence-electron chi connectivity index (χ1n) is 6.95. The van der Waals surface area contributed by atoms with Gasteiger partial charge in [0, 0.05) is 19.6 Å². The van der Waals surface area contributed by atoms with Gasteiger partial charge >= 0.3 is 0 Å². The second-order valence-corrected chi connectivity index (χ2v) is 4.79. The molecular weight excluding hydrogens is 198 g/mol. The lowest BCUT2D eigenvalue weighted by molar-refractivity contribution is 0.236. The molecule has 0 aromatic carbocycles. The monoisotopic (exact) mass is 227 g/mol. The second kappa shape index (κ2) is 8.04. The Morgan fingerprint density at radius 2 is 2.00 bits per heavy atom. The average Bonchev–Trinajstić information content (AvgIpc) is 2.76. The number of hydrogen-bond donors (Lipinski definition) is 1. The number of nitrogens with zero attached hydrogens (tertiary/aromatic N) is 2. The molecule has 3 heteroatoms. The van der Waals surface area contributed by atoms with Crippen LogP contribution in [-0.4, -0.2) is 62.2 Å². The highest BCUT2D eigenvalue weighted by Gasteiger charge is 2.21. The van der Waals surface area contributed by atoms with Gasteiger partial charge in [-0.2, -0.15) is 0 Å². The van der Waals surface area contributed by atoms with E-state index in [0.717, 1.165) is 12.5 Å². The molecule has 1 atom stereocenters. The van der Waals surface area contributed by atoms with Crippen molar-refractivity contribution in [2.75, 3.05) is 52.4 Å². The third-order valence-corrected chi connectivity index (χ3v) is 3.68. The SMILES string of the molecule is CCNCC1CCN(CCN(CC)CC)C1. The van der Waals surface area contributed by atoms with E-state index < -0.39 is 0 Å². The molecule has 0 aromatic rings. The first-order valence-corrected chi connectivity index (χ1v) is 6.95. The van der Waals surface area contributed by atoms with E-state index in [1.54, 1.807) is 0 Å². The fraction of sp³-hybridized carbons (Fsp3) is 1.00. The van der Waals surface area contributed by atoms with Gasteiger partial charge in [0.1, 0.15) is 0 Å². The lowest BCUT2D eigenvalue weighted by atomic mass is 10.1. The number of rotatable bonds is 8. The van der Waals surface area contributed by atoms with Crippen LogP contribution in [0.1, 0.15) is 27.2 Å². The van der Waals surface area contributed by atoms with Gasteiger partial charge in [-0.3, -0.25) is 0 Å². The Bertz CT molecular complexity index is 169. The van der Waals surface area contributed by atoms with Gasteiger partial charge in [0.25, 0.3) is 0 Å². The molecule has 1 heterocycles. The normalized spacial score (nSPS) is 22.1. The Hall–Kier alpha value is -0.120. The molecule has 16 heavy (non-hydrogen) atoms. The Morgan fingerprint density at radius 3 is 2.62 bits per heavy atom. The predicted octanol–water partition coefficient (Wildman–Crippen LogP) is 1.26. The van der Waals surface area contributed by atoms with Gasteiger partial charge in [-0.1, -0.05) is 20.8 Å². The highest BCUT2D eigenvalue weighted by atomic mass is 15.2. The standard InChI is InChI=1S/C13H29N3/c1-4-14-11-13-7-8-16(12-13)10-9-15(5-2)6-3/h13-14H,4-12H2,1-3H3. The second-order valence-electron chi connectivity index (χ2n) is 4.79. The fourth-order valence-corrected chi connectivity index (χ4v) is 2.45. The van der Waals surface area contributed by atoms with Crippen molar-refractivity contribution in [1.82, 2.24) is 15.1 Å². The number of likely N-dealkylation sites (tertiary alicyclic amines) is 1. The van der Waals surface area contributed by atoms with Crippen LogP contribution in [0.4, 0.5) is 0 Å². The lowest BCUT2D eigenvalue weighted by Crippen LogP contribution is -2.34. The largest absolute Gasteiger partial charge is 0.317 e. The maximum absolute atomic E-state index is 3.46. The summed E-state index contributed by atoms with van der Waals surface area (Å²) in [6, 6.07) is 0. The van der Waals surface area contributed by atoms with E-state index in [0.29, 0.717) is 0 Å². The molecule has 0 amide bonds. The van der Waals surface area contributed by atoms with Gasteiger partial charge in [0.05, 0.1) is 0 Å². The first-order chi connectivity index (χ1) is 7.80. The van der Waals surface area contributed by atoms with Crippen molar-refractivity contribution < 1.29 is 0 Å². The minimum atomic E-state index is 0.886. The summed E-state index contributed by atoms with van der Waals surface area (Å²) in [7, 11) is 0. The van der Waals surface area contributed by atoms with Gasteiger partial charge in [-0.05, 0) is 45.1 Å². The highest BCUT2D eigenvalue weighted by Crippen LogP contribution is 2.14. The van der Waals surface area contributed by atoms with Crippen molar-refractivity contribution in [2.45, 2.75) is 27.2 Å². The molecule has 1 unspecified atom stereocenters. The molecule has 0 saturated carbocycles. The van der Waals surface area contributed by atoms with Crippen molar-refractivity contribution in [3.05, 3.63) is 0 Å². The smallest absolute Gasteiger partial charge is 0.0109 e. The highest BCUT2D eigenvalue weighted by molar-refractivity contribution is 4.77. The van der Waals surface area contributed by atoms with E-state index >= 15 is 0 Å². The number of hydrogen-bond acceptors (Lipinski definition) is 3. The molecule has 1 fully saturated rings. The minimum absolute atomic E-state index is 0.886. The van der Waals surface area contributed by atoms with Crippen molar-refractivity contribution >= 4 is 0 Å². The maximum atomic E-state index is 3.46. The molecule has 0 aromatic heterocycles.